The van der Waals surface area contributed by atoms with Crippen LogP contribution in [0.3, 0.4) is 0 Å². The third kappa shape index (κ3) is 3.66. The van der Waals surface area contributed by atoms with Crippen LogP contribution < -0.4 is 5.32 Å². The predicted molar refractivity (Wildman–Crippen MR) is 95.4 cm³/mol. The molecule has 3 amide bonds. The van der Waals surface area contributed by atoms with Crippen LogP contribution in [0, 0.1) is 6.92 Å². The normalized spacial score (nSPS) is 15.4. The summed E-state index contributed by atoms with van der Waals surface area (Å²) in [5.74, 6) is -0.594. The van der Waals surface area contributed by atoms with Gasteiger partial charge in [0.1, 0.15) is 0 Å². The summed E-state index contributed by atoms with van der Waals surface area (Å²) in [7, 11) is 0. The zero-order valence-electron chi connectivity index (χ0n) is 14.9. The number of amides is 3. The molecule has 1 aromatic heterocycles. The number of hydrogen-bond acceptors (Lipinski definition) is 4. The van der Waals surface area contributed by atoms with Gasteiger partial charge in [0.05, 0.1) is 17.9 Å². The highest BCUT2D eigenvalue weighted by molar-refractivity contribution is 6.02. The van der Waals surface area contributed by atoms with E-state index in [2.05, 4.69) is 10.4 Å². The van der Waals surface area contributed by atoms with Gasteiger partial charge in [-0.05, 0) is 26.0 Å². The summed E-state index contributed by atoms with van der Waals surface area (Å²) < 4.78 is 1.83. The fourth-order valence-corrected chi connectivity index (χ4v) is 3.15. The Morgan fingerprint density at radius 2 is 1.85 bits per heavy atom. The Morgan fingerprint density at radius 1 is 1.19 bits per heavy atom. The van der Waals surface area contributed by atoms with Crippen LogP contribution in [0.4, 0.5) is 0 Å². The van der Waals surface area contributed by atoms with Gasteiger partial charge in [-0.25, -0.2) is 4.68 Å². The maximum Gasteiger partial charge on any atom is 0.229 e. The molecule has 0 aliphatic carbocycles. The Balaban J connectivity index is 1.60. The van der Waals surface area contributed by atoms with Crippen molar-refractivity contribution in [2.75, 3.05) is 6.54 Å². The molecule has 0 bridgehead atoms. The predicted octanol–water partition coefficient (Wildman–Crippen LogP) is 1.90. The summed E-state index contributed by atoms with van der Waals surface area (Å²) in [5, 5.41) is 7.32. The van der Waals surface area contributed by atoms with E-state index in [9.17, 15) is 14.4 Å². The Labute approximate surface area is 152 Å². The third-order valence-electron chi connectivity index (χ3n) is 4.61. The summed E-state index contributed by atoms with van der Waals surface area (Å²) in [4.78, 5) is 36.5. The number of para-hydroxylation sites is 1. The first-order valence-electron chi connectivity index (χ1n) is 8.70. The van der Waals surface area contributed by atoms with E-state index in [0.717, 1.165) is 16.9 Å². The second-order valence-corrected chi connectivity index (χ2v) is 6.41. The van der Waals surface area contributed by atoms with E-state index in [4.69, 9.17) is 0 Å². The van der Waals surface area contributed by atoms with Crippen molar-refractivity contribution in [1.82, 2.24) is 20.0 Å². The first kappa shape index (κ1) is 17.8. The fraction of sp³-hybridized carbons (Fsp3) is 0.368. The first-order chi connectivity index (χ1) is 12.5. The van der Waals surface area contributed by atoms with Crippen LogP contribution >= 0.6 is 0 Å². The molecular weight excluding hydrogens is 332 g/mol. The summed E-state index contributed by atoms with van der Waals surface area (Å²) in [6.45, 7) is 3.99. The molecule has 1 aromatic carbocycles. The minimum Gasteiger partial charge on any atom is -0.349 e. The number of imide groups is 1. The lowest BCUT2D eigenvalue weighted by Gasteiger charge is -2.16. The Kier molecular flexibility index (Phi) is 5.16. The highest BCUT2D eigenvalue weighted by atomic mass is 16.2. The Bertz CT molecular complexity index is 813. The second kappa shape index (κ2) is 7.51. The molecule has 1 unspecified atom stereocenters. The maximum atomic E-state index is 12.2. The van der Waals surface area contributed by atoms with Crippen LogP contribution in [-0.4, -0.2) is 38.9 Å². The number of aromatic nitrogens is 2. The summed E-state index contributed by atoms with van der Waals surface area (Å²) in [6.07, 6.45) is 2.35. The molecule has 1 aliphatic heterocycles. The lowest BCUT2D eigenvalue weighted by Crippen LogP contribution is -2.35. The number of nitrogens with one attached hydrogen (secondary N) is 1. The van der Waals surface area contributed by atoms with E-state index in [1.54, 1.807) is 6.20 Å². The van der Waals surface area contributed by atoms with Crippen LogP contribution in [0.25, 0.3) is 5.69 Å². The lowest BCUT2D eigenvalue weighted by atomic mass is 10.1. The molecule has 0 radical (unpaired) electrons. The SMILES string of the molecule is Cc1c(C(C)NC(=O)CCN2C(=O)CCC2=O)cnn1-c1ccccc1. The van der Waals surface area contributed by atoms with Gasteiger partial charge in [-0.1, -0.05) is 18.2 Å². The van der Waals surface area contributed by atoms with E-state index < -0.39 is 0 Å². The Hall–Kier alpha value is -2.96. The molecule has 0 saturated carbocycles. The zero-order chi connectivity index (χ0) is 18.7. The van der Waals surface area contributed by atoms with E-state index in [1.807, 2.05) is 48.9 Å². The molecule has 3 rings (SSSR count). The molecule has 26 heavy (non-hydrogen) atoms. The van der Waals surface area contributed by atoms with Crippen molar-refractivity contribution in [2.45, 2.75) is 39.2 Å². The van der Waals surface area contributed by atoms with E-state index >= 15 is 0 Å². The fourth-order valence-electron chi connectivity index (χ4n) is 3.15. The molecule has 2 aromatic rings. The van der Waals surface area contributed by atoms with Gasteiger partial charge in [0, 0.05) is 37.1 Å². The van der Waals surface area contributed by atoms with E-state index in [0.29, 0.717) is 0 Å². The van der Waals surface area contributed by atoms with Gasteiger partial charge in [0.15, 0.2) is 0 Å². The molecule has 1 N–H and O–H groups in total. The summed E-state index contributed by atoms with van der Waals surface area (Å²) >= 11 is 0. The number of carbonyl (C=O) groups is 3. The molecule has 0 spiro atoms. The smallest absolute Gasteiger partial charge is 0.229 e. The quantitative estimate of drug-likeness (QED) is 0.803. The van der Waals surface area contributed by atoms with Gasteiger partial charge >= 0.3 is 0 Å². The number of hydrogen-bond donors (Lipinski definition) is 1. The maximum absolute atomic E-state index is 12.2. The molecule has 1 fully saturated rings. The number of benzene rings is 1. The van der Waals surface area contributed by atoms with Crippen LogP contribution in [0.5, 0.6) is 0 Å². The topological polar surface area (TPSA) is 84.3 Å². The van der Waals surface area contributed by atoms with Crippen LogP contribution in [-0.2, 0) is 14.4 Å². The van der Waals surface area contributed by atoms with Crippen molar-refractivity contribution in [3.63, 3.8) is 0 Å². The highest BCUT2D eigenvalue weighted by Crippen LogP contribution is 2.20. The van der Waals surface area contributed by atoms with Crippen molar-refractivity contribution in [2.24, 2.45) is 0 Å². The molecule has 1 saturated heterocycles. The minimum absolute atomic E-state index is 0.105. The van der Waals surface area contributed by atoms with Crippen molar-refractivity contribution in [3.8, 4) is 5.69 Å². The Morgan fingerprint density at radius 3 is 2.50 bits per heavy atom. The zero-order valence-corrected chi connectivity index (χ0v) is 14.9. The van der Waals surface area contributed by atoms with Crippen LogP contribution in [0.2, 0.25) is 0 Å². The van der Waals surface area contributed by atoms with Gasteiger partial charge in [-0.2, -0.15) is 5.10 Å². The average Bonchev–Trinajstić information content (AvgIpc) is 3.16. The highest BCUT2D eigenvalue weighted by Gasteiger charge is 2.29. The van der Waals surface area contributed by atoms with E-state index in [1.165, 1.54) is 4.90 Å². The molecule has 2 heterocycles. The number of likely N-dealkylation sites (tertiary alicyclic amines) is 1. The average molecular weight is 354 g/mol. The van der Waals surface area contributed by atoms with Crippen molar-refractivity contribution in [3.05, 3.63) is 47.8 Å². The van der Waals surface area contributed by atoms with Gasteiger partial charge in [-0.3, -0.25) is 19.3 Å². The number of carbonyl (C=O) groups excluding carboxylic acids is 3. The lowest BCUT2D eigenvalue weighted by molar-refractivity contribution is -0.138. The summed E-state index contributed by atoms with van der Waals surface area (Å²) in [5.41, 5.74) is 2.84. The number of rotatable bonds is 6. The molecule has 7 nitrogen and oxygen atoms in total. The molecule has 1 aliphatic rings. The molecule has 7 heteroatoms. The van der Waals surface area contributed by atoms with Crippen molar-refractivity contribution >= 4 is 17.7 Å². The monoisotopic (exact) mass is 354 g/mol. The molecule has 1 atom stereocenters. The van der Waals surface area contributed by atoms with E-state index in [-0.39, 0.29) is 49.6 Å². The third-order valence-corrected chi connectivity index (χ3v) is 4.61. The second-order valence-electron chi connectivity index (χ2n) is 6.41. The molecule has 136 valence electrons. The van der Waals surface area contributed by atoms with Gasteiger partial charge in [0.2, 0.25) is 17.7 Å². The van der Waals surface area contributed by atoms with Crippen LogP contribution in [0.15, 0.2) is 36.5 Å². The summed E-state index contributed by atoms with van der Waals surface area (Å²) in [6, 6.07) is 9.56. The minimum atomic E-state index is -0.218. The van der Waals surface area contributed by atoms with Gasteiger partial charge in [0.25, 0.3) is 0 Å². The van der Waals surface area contributed by atoms with Gasteiger partial charge in [-0.15, -0.1) is 0 Å². The molecular formula is C19H22N4O3. The van der Waals surface area contributed by atoms with Crippen molar-refractivity contribution < 1.29 is 14.4 Å². The van der Waals surface area contributed by atoms with Gasteiger partial charge < -0.3 is 5.32 Å². The van der Waals surface area contributed by atoms with Crippen LogP contribution in [0.1, 0.15) is 43.5 Å². The first-order valence-corrected chi connectivity index (χ1v) is 8.70. The standard InChI is InChI=1S/C19H22N4O3/c1-13(21-17(24)10-11-22-18(25)8-9-19(22)26)16-12-20-23(14(16)2)15-6-4-3-5-7-15/h3-7,12-13H,8-11H2,1-2H3,(H,21,24). The van der Waals surface area contributed by atoms with Crippen molar-refractivity contribution in [1.29, 1.82) is 0 Å². The number of nitrogens with zero attached hydrogens (tertiary/aromatic N) is 3. The largest absolute Gasteiger partial charge is 0.349 e.